The van der Waals surface area contributed by atoms with Gasteiger partial charge in [-0.3, -0.25) is 4.79 Å². The first-order valence-electron chi connectivity index (χ1n) is 6.86. The predicted octanol–water partition coefficient (Wildman–Crippen LogP) is 2.65. The van der Waals surface area contributed by atoms with E-state index in [0.29, 0.717) is 6.54 Å². The normalized spacial score (nSPS) is 13.5. The highest BCUT2D eigenvalue weighted by molar-refractivity contribution is 5.78. The Kier molecular flexibility index (Phi) is 7.44. The average Bonchev–Trinajstić information content (AvgIpc) is 2.32. The van der Waals surface area contributed by atoms with Crippen LogP contribution in [0.4, 0.5) is 0 Å². The van der Waals surface area contributed by atoms with Gasteiger partial charge in [-0.15, -0.1) is 0 Å². The maximum atomic E-state index is 12.3. The molecule has 0 aromatic carbocycles. The summed E-state index contributed by atoms with van der Waals surface area (Å²) in [6.07, 6.45) is 3.28. The lowest BCUT2D eigenvalue weighted by atomic mass is 9.92. The van der Waals surface area contributed by atoms with E-state index in [1.807, 2.05) is 18.7 Å². The summed E-state index contributed by atoms with van der Waals surface area (Å²) >= 11 is 0. The van der Waals surface area contributed by atoms with Gasteiger partial charge >= 0.3 is 0 Å². The van der Waals surface area contributed by atoms with Crippen molar-refractivity contribution in [3.63, 3.8) is 0 Å². The molecule has 0 saturated carbocycles. The van der Waals surface area contributed by atoms with Crippen molar-refractivity contribution in [3.8, 4) is 0 Å². The highest BCUT2D eigenvalue weighted by atomic mass is 16.2. The number of nitrogens with zero attached hydrogens (tertiary/aromatic N) is 1. The third-order valence-corrected chi connectivity index (χ3v) is 3.28. The maximum Gasteiger partial charge on any atom is 0.225 e. The lowest BCUT2D eigenvalue weighted by Gasteiger charge is -2.32. The Morgan fingerprint density at radius 3 is 2.35 bits per heavy atom. The standard InChI is InChI=1S/C14H30N2O/c1-6-8-9-12(3)13(17)16(7-2)11-14(4,5)10-15/h12H,6-11,15H2,1-5H3. The van der Waals surface area contributed by atoms with Crippen LogP contribution in [0.5, 0.6) is 0 Å². The Hall–Kier alpha value is -0.570. The van der Waals surface area contributed by atoms with Crippen molar-refractivity contribution in [3.05, 3.63) is 0 Å². The van der Waals surface area contributed by atoms with Gasteiger partial charge < -0.3 is 10.6 Å². The van der Waals surface area contributed by atoms with E-state index in [1.54, 1.807) is 0 Å². The van der Waals surface area contributed by atoms with Gasteiger partial charge in [0.1, 0.15) is 0 Å². The molecule has 0 saturated heterocycles. The zero-order valence-corrected chi connectivity index (χ0v) is 12.3. The Morgan fingerprint density at radius 2 is 1.94 bits per heavy atom. The summed E-state index contributed by atoms with van der Waals surface area (Å²) in [6, 6.07) is 0. The van der Waals surface area contributed by atoms with E-state index in [4.69, 9.17) is 5.73 Å². The summed E-state index contributed by atoms with van der Waals surface area (Å²) in [6.45, 7) is 12.6. The molecular formula is C14H30N2O. The molecule has 0 heterocycles. The highest BCUT2D eigenvalue weighted by Crippen LogP contribution is 2.18. The van der Waals surface area contributed by atoms with Gasteiger partial charge in [-0.05, 0) is 25.3 Å². The van der Waals surface area contributed by atoms with Gasteiger partial charge in [0, 0.05) is 19.0 Å². The lowest BCUT2D eigenvalue weighted by Crippen LogP contribution is -2.43. The maximum absolute atomic E-state index is 12.3. The van der Waals surface area contributed by atoms with Crippen molar-refractivity contribution in [1.29, 1.82) is 0 Å². The zero-order chi connectivity index (χ0) is 13.5. The van der Waals surface area contributed by atoms with Crippen molar-refractivity contribution in [2.75, 3.05) is 19.6 Å². The van der Waals surface area contributed by atoms with Crippen LogP contribution in [-0.4, -0.2) is 30.4 Å². The lowest BCUT2D eigenvalue weighted by molar-refractivity contribution is -0.136. The molecule has 0 aromatic heterocycles. The molecule has 3 heteroatoms. The number of amides is 1. The quantitative estimate of drug-likeness (QED) is 0.711. The van der Waals surface area contributed by atoms with Crippen molar-refractivity contribution >= 4 is 5.91 Å². The summed E-state index contributed by atoms with van der Waals surface area (Å²) in [4.78, 5) is 14.2. The molecular weight excluding hydrogens is 212 g/mol. The summed E-state index contributed by atoms with van der Waals surface area (Å²) in [5.41, 5.74) is 5.74. The fourth-order valence-electron chi connectivity index (χ4n) is 1.87. The second-order valence-corrected chi connectivity index (χ2v) is 5.76. The smallest absolute Gasteiger partial charge is 0.225 e. The van der Waals surface area contributed by atoms with Gasteiger partial charge in [-0.1, -0.05) is 40.5 Å². The van der Waals surface area contributed by atoms with E-state index in [-0.39, 0.29) is 17.2 Å². The first kappa shape index (κ1) is 16.4. The van der Waals surface area contributed by atoms with Crippen LogP contribution in [0.15, 0.2) is 0 Å². The van der Waals surface area contributed by atoms with E-state index in [1.165, 1.54) is 0 Å². The molecule has 0 aliphatic rings. The van der Waals surface area contributed by atoms with E-state index >= 15 is 0 Å². The summed E-state index contributed by atoms with van der Waals surface area (Å²) in [5.74, 6) is 0.422. The van der Waals surface area contributed by atoms with Crippen molar-refractivity contribution in [2.45, 2.75) is 53.9 Å². The third-order valence-electron chi connectivity index (χ3n) is 3.28. The minimum atomic E-state index is 0.0101. The van der Waals surface area contributed by atoms with Gasteiger partial charge in [0.15, 0.2) is 0 Å². The number of nitrogens with two attached hydrogens (primary N) is 1. The SMILES string of the molecule is CCCCC(C)C(=O)N(CC)CC(C)(C)CN. The van der Waals surface area contributed by atoms with E-state index in [9.17, 15) is 4.79 Å². The zero-order valence-electron chi connectivity index (χ0n) is 12.3. The fourth-order valence-corrected chi connectivity index (χ4v) is 1.87. The first-order chi connectivity index (χ1) is 7.87. The molecule has 102 valence electrons. The van der Waals surface area contributed by atoms with Gasteiger partial charge in [0.25, 0.3) is 0 Å². The summed E-state index contributed by atoms with van der Waals surface area (Å²) < 4.78 is 0. The molecule has 0 rings (SSSR count). The first-order valence-corrected chi connectivity index (χ1v) is 6.86. The van der Waals surface area contributed by atoms with Crippen LogP contribution in [0.2, 0.25) is 0 Å². The molecule has 0 aliphatic heterocycles. The number of unbranched alkanes of at least 4 members (excludes halogenated alkanes) is 1. The molecule has 2 N–H and O–H groups in total. The van der Waals surface area contributed by atoms with Crippen LogP contribution in [0.25, 0.3) is 0 Å². The minimum absolute atomic E-state index is 0.0101. The van der Waals surface area contributed by atoms with Crippen LogP contribution in [0, 0.1) is 11.3 Å². The van der Waals surface area contributed by atoms with Crippen molar-refractivity contribution in [2.24, 2.45) is 17.1 Å². The van der Waals surface area contributed by atoms with Crippen molar-refractivity contribution in [1.82, 2.24) is 4.90 Å². The molecule has 0 radical (unpaired) electrons. The number of carbonyl (C=O) groups is 1. The summed E-state index contributed by atoms with van der Waals surface area (Å²) in [7, 11) is 0. The summed E-state index contributed by atoms with van der Waals surface area (Å²) in [5, 5.41) is 0. The van der Waals surface area contributed by atoms with Crippen LogP contribution >= 0.6 is 0 Å². The molecule has 1 unspecified atom stereocenters. The van der Waals surface area contributed by atoms with Gasteiger partial charge in [0.05, 0.1) is 0 Å². The Morgan fingerprint density at radius 1 is 1.35 bits per heavy atom. The molecule has 0 spiro atoms. The number of carbonyl (C=O) groups excluding carboxylic acids is 1. The molecule has 0 bridgehead atoms. The fraction of sp³-hybridized carbons (Fsp3) is 0.929. The highest BCUT2D eigenvalue weighted by Gasteiger charge is 2.25. The molecule has 17 heavy (non-hydrogen) atoms. The Labute approximate surface area is 107 Å². The van der Waals surface area contributed by atoms with Gasteiger partial charge in [0.2, 0.25) is 5.91 Å². The van der Waals surface area contributed by atoms with Crippen LogP contribution < -0.4 is 5.73 Å². The predicted molar refractivity (Wildman–Crippen MR) is 73.8 cm³/mol. The number of rotatable bonds is 8. The molecule has 1 amide bonds. The number of hydrogen-bond donors (Lipinski definition) is 1. The molecule has 0 aliphatic carbocycles. The number of hydrogen-bond acceptors (Lipinski definition) is 2. The van der Waals surface area contributed by atoms with E-state index in [2.05, 4.69) is 20.8 Å². The molecule has 1 atom stereocenters. The Bertz CT molecular complexity index is 226. The average molecular weight is 242 g/mol. The molecule has 0 fully saturated rings. The van der Waals surface area contributed by atoms with Gasteiger partial charge in [-0.25, -0.2) is 0 Å². The molecule has 3 nitrogen and oxygen atoms in total. The minimum Gasteiger partial charge on any atom is -0.342 e. The van der Waals surface area contributed by atoms with E-state index < -0.39 is 0 Å². The van der Waals surface area contributed by atoms with Gasteiger partial charge in [-0.2, -0.15) is 0 Å². The Balaban J connectivity index is 4.39. The monoisotopic (exact) mass is 242 g/mol. The third kappa shape index (κ3) is 6.06. The van der Waals surface area contributed by atoms with Crippen LogP contribution in [-0.2, 0) is 4.79 Å². The van der Waals surface area contributed by atoms with Crippen molar-refractivity contribution < 1.29 is 4.79 Å². The van der Waals surface area contributed by atoms with E-state index in [0.717, 1.165) is 32.4 Å². The van der Waals surface area contributed by atoms with Crippen LogP contribution in [0.3, 0.4) is 0 Å². The topological polar surface area (TPSA) is 46.3 Å². The second kappa shape index (κ2) is 7.70. The van der Waals surface area contributed by atoms with Crippen LogP contribution in [0.1, 0.15) is 53.9 Å². The largest absolute Gasteiger partial charge is 0.342 e. The second-order valence-electron chi connectivity index (χ2n) is 5.76. The molecule has 0 aromatic rings.